The van der Waals surface area contributed by atoms with Crippen molar-refractivity contribution in [1.82, 2.24) is 25.3 Å². The Morgan fingerprint density at radius 1 is 1.11 bits per heavy atom. The Morgan fingerprint density at radius 3 is 2.67 bits per heavy atom. The van der Waals surface area contributed by atoms with Crippen molar-refractivity contribution in [2.24, 2.45) is 5.92 Å². The van der Waals surface area contributed by atoms with Crippen LogP contribution in [0.3, 0.4) is 0 Å². The van der Waals surface area contributed by atoms with Gasteiger partial charge in [-0.2, -0.15) is 10.2 Å². The average molecular weight is 485 g/mol. The normalized spacial score (nSPS) is 15.8. The maximum absolute atomic E-state index is 13.0. The predicted molar refractivity (Wildman–Crippen MR) is 141 cm³/mol. The van der Waals surface area contributed by atoms with Crippen LogP contribution in [0.25, 0.3) is 16.6 Å². The molecule has 186 valence electrons. The number of fused-ring (bicyclic) bond motifs is 1. The highest BCUT2D eigenvalue weighted by atomic mass is 16.5. The molecular weight excluding hydrogens is 452 g/mol. The minimum Gasteiger partial charge on any atom is -0.497 e. The molecule has 36 heavy (non-hydrogen) atoms. The molecule has 8 nitrogen and oxygen atoms in total. The summed E-state index contributed by atoms with van der Waals surface area (Å²) in [7, 11) is 1.66. The zero-order valence-corrected chi connectivity index (χ0v) is 21.3. The quantitative estimate of drug-likeness (QED) is 0.440. The Kier molecular flexibility index (Phi) is 6.59. The Balaban J connectivity index is 1.39. The number of hydrogen-bond donors (Lipinski definition) is 1. The molecule has 1 amide bonds. The number of rotatable bonds is 6. The number of nitrogens with one attached hydrogen (secondary N) is 1. The molecule has 5 rings (SSSR count). The van der Waals surface area contributed by atoms with Crippen molar-refractivity contribution >= 4 is 22.6 Å². The number of nitrogens with zero attached hydrogens (tertiary/aromatic N) is 5. The summed E-state index contributed by atoms with van der Waals surface area (Å²) in [4.78, 5) is 15.2. The number of methoxy groups -OCH3 is 1. The number of hydrogen-bond acceptors (Lipinski definition) is 6. The van der Waals surface area contributed by atoms with Crippen LogP contribution in [0.1, 0.15) is 35.4 Å². The van der Waals surface area contributed by atoms with Crippen molar-refractivity contribution < 1.29 is 9.53 Å². The highest BCUT2D eigenvalue weighted by molar-refractivity contribution is 5.92. The number of ether oxygens (including phenoxy) is 1. The standard InChI is InChI=1S/C28H32N6O2/c1-18-7-5-8-21(15-18)16-29-28(35)22-9-6-14-33(17-22)27-26-25(19(2)30-31-27)20(3)34(32-26)23-10-12-24(36-4)13-11-23/h5,7-8,10-13,15,22H,6,9,14,16-17H2,1-4H3,(H,29,35)/t22-/m1/s1. The molecule has 2 aromatic carbocycles. The number of aryl methyl sites for hydroxylation is 3. The largest absolute Gasteiger partial charge is 0.497 e. The first-order valence-electron chi connectivity index (χ1n) is 12.4. The molecule has 1 aliphatic rings. The van der Waals surface area contributed by atoms with E-state index in [0.29, 0.717) is 13.1 Å². The lowest BCUT2D eigenvalue weighted by atomic mass is 9.96. The van der Waals surface area contributed by atoms with E-state index in [9.17, 15) is 4.79 Å². The van der Waals surface area contributed by atoms with Crippen LogP contribution in [0.5, 0.6) is 5.75 Å². The van der Waals surface area contributed by atoms with E-state index in [1.807, 2.05) is 48.0 Å². The second-order valence-electron chi connectivity index (χ2n) is 9.52. The van der Waals surface area contributed by atoms with Gasteiger partial charge in [-0.15, -0.1) is 5.10 Å². The summed E-state index contributed by atoms with van der Waals surface area (Å²) in [5, 5.41) is 18.1. The van der Waals surface area contributed by atoms with Crippen LogP contribution in [0.2, 0.25) is 0 Å². The SMILES string of the molecule is COc1ccc(-n2nc3c(N4CCC[C@@H](C(=O)NCc5cccc(C)c5)C4)nnc(C)c3c2C)cc1. The van der Waals surface area contributed by atoms with Crippen LogP contribution in [-0.2, 0) is 11.3 Å². The van der Waals surface area contributed by atoms with Crippen molar-refractivity contribution in [1.29, 1.82) is 0 Å². The van der Waals surface area contributed by atoms with Crippen LogP contribution in [0.15, 0.2) is 48.5 Å². The van der Waals surface area contributed by atoms with Crippen LogP contribution < -0.4 is 15.0 Å². The molecule has 1 aliphatic heterocycles. The predicted octanol–water partition coefficient (Wildman–Crippen LogP) is 4.28. The van der Waals surface area contributed by atoms with E-state index < -0.39 is 0 Å². The molecule has 0 bridgehead atoms. The first-order valence-corrected chi connectivity index (χ1v) is 12.4. The van der Waals surface area contributed by atoms with Gasteiger partial charge in [0.2, 0.25) is 5.91 Å². The van der Waals surface area contributed by atoms with Gasteiger partial charge in [0, 0.05) is 19.6 Å². The van der Waals surface area contributed by atoms with Gasteiger partial charge >= 0.3 is 0 Å². The van der Waals surface area contributed by atoms with Gasteiger partial charge in [0.25, 0.3) is 0 Å². The van der Waals surface area contributed by atoms with E-state index in [1.54, 1.807) is 7.11 Å². The summed E-state index contributed by atoms with van der Waals surface area (Å²) in [6.45, 7) is 8.03. The fraction of sp³-hybridized carbons (Fsp3) is 0.357. The third kappa shape index (κ3) is 4.63. The summed E-state index contributed by atoms with van der Waals surface area (Å²) in [6, 6.07) is 16.1. The number of aromatic nitrogens is 4. The third-order valence-electron chi connectivity index (χ3n) is 6.94. The Bertz CT molecular complexity index is 1400. The molecule has 8 heteroatoms. The summed E-state index contributed by atoms with van der Waals surface area (Å²) >= 11 is 0. The monoisotopic (exact) mass is 484 g/mol. The van der Waals surface area contributed by atoms with Gasteiger partial charge in [-0.05, 0) is 63.4 Å². The second kappa shape index (κ2) is 9.97. The van der Waals surface area contributed by atoms with Gasteiger partial charge < -0.3 is 15.0 Å². The number of carbonyl (C=O) groups is 1. The first kappa shape index (κ1) is 23.8. The molecule has 3 heterocycles. The lowest BCUT2D eigenvalue weighted by Crippen LogP contribution is -2.43. The summed E-state index contributed by atoms with van der Waals surface area (Å²) in [5.41, 5.74) is 5.92. The molecule has 4 aromatic rings. The number of piperidine rings is 1. The molecule has 1 fully saturated rings. The Morgan fingerprint density at radius 2 is 1.92 bits per heavy atom. The first-order chi connectivity index (χ1) is 17.4. The van der Waals surface area contributed by atoms with Gasteiger partial charge in [0.15, 0.2) is 5.82 Å². The zero-order valence-electron chi connectivity index (χ0n) is 21.3. The second-order valence-corrected chi connectivity index (χ2v) is 9.52. The van der Waals surface area contributed by atoms with Crippen molar-refractivity contribution in [3.63, 3.8) is 0 Å². The summed E-state index contributed by atoms with van der Waals surface area (Å²) in [5.74, 6) is 1.51. The van der Waals surface area contributed by atoms with Gasteiger partial charge in [-0.1, -0.05) is 29.8 Å². The zero-order chi connectivity index (χ0) is 25.2. The molecule has 0 radical (unpaired) electrons. The number of anilines is 1. The van der Waals surface area contributed by atoms with Crippen molar-refractivity contribution in [3.05, 3.63) is 71.0 Å². The maximum atomic E-state index is 13.0. The fourth-order valence-corrected chi connectivity index (χ4v) is 5.04. The topological polar surface area (TPSA) is 85.2 Å². The van der Waals surface area contributed by atoms with Gasteiger partial charge in [0.05, 0.1) is 35.5 Å². The highest BCUT2D eigenvalue weighted by Crippen LogP contribution is 2.32. The van der Waals surface area contributed by atoms with E-state index in [1.165, 1.54) is 5.56 Å². The lowest BCUT2D eigenvalue weighted by Gasteiger charge is -2.32. The summed E-state index contributed by atoms with van der Waals surface area (Å²) in [6.07, 6.45) is 1.77. The highest BCUT2D eigenvalue weighted by Gasteiger charge is 2.29. The van der Waals surface area contributed by atoms with Crippen LogP contribution in [0.4, 0.5) is 5.82 Å². The van der Waals surface area contributed by atoms with Crippen LogP contribution >= 0.6 is 0 Å². The summed E-state index contributed by atoms with van der Waals surface area (Å²) < 4.78 is 7.23. The molecular formula is C28H32N6O2. The maximum Gasteiger partial charge on any atom is 0.225 e. The van der Waals surface area contributed by atoms with E-state index in [4.69, 9.17) is 9.84 Å². The van der Waals surface area contributed by atoms with Crippen LogP contribution in [0, 0.1) is 26.7 Å². The Labute approximate surface area is 211 Å². The minimum atomic E-state index is -0.105. The van der Waals surface area contributed by atoms with Crippen LogP contribution in [-0.4, -0.2) is 46.1 Å². The molecule has 0 spiro atoms. The van der Waals surface area contributed by atoms with Gasteiger partial charge in [0.1, 0.15) is 11.3 Å². The fourth-order valence-electron chi connectivity index (χ4n) is 5.04. The lowest BCUT2D eigenvalue weighted by molar-refractivity contribution is -0.125. The van der Waals surface area contributed by atoms with Crippen molar-refractivity contribution in [2.75, 3.05) is 25.1 Å². The molecule has 0 unspecified atom stereocenters. The molecule has 2 aromatic heterocycles. The van der Waals surface area contributed by atoms with Gasteiger partial charge in [-0.3, -0.25) is 4.79 Å². The van der Waals surface area contributed by atoms with E-state index in [-0.39, 0.29) is 11.8 Å². The van der Waals surface area contributed by atoms with E-state index in [0.717, 1.165) is 64.5 Å². The van der Waals surface area contributed by atoms with Crippen molar-refractivity contribution in [2.45, 2.75) is 40.2 Å². The van der Waals surface area contributed by atoms with Gasteiger partial charge in [-0.25, -0.2) is 4.68 Å². The molecule has 0 aliphatic carbocycles. The molecule has 1 atom stereocenters. The number of carbonyl (C=O) groups excluding carboxylic acids is 1. The Hall–Kier alpha value is -3.94. The van der Waals surface area contributed by atoms with E-state index in [2.05, 4.69) is 46.4 Å². The van der Waals surface area contributed by atoms with Crippen molar-refractivity contribution in [3.8, 4) is 11.4 Å². The molecule has 1 saturated heterocycles. The minimum absolute atomic E-state index is 0.0810. The third-order valence-corrected chi connectivity index (χ3v) is 6.94. The molecule has 1 N–H and O–H groups in total. The average Bonchev–Trinajstić information content (AvgIpc) is 3.25. The smallest absolute Gasteiger partial charge is 0.225 e. The molecule has 0 saturated carbocycles. The van der Waals surface area contributed by atoms with E-state index >= 15 is 0 Å². The number of amides is 1. The number of benzene rings is 2.